The second-order valence-electron chi connectivity index (χ2n) is 26.3. The Morgan fingerprint density at radius 1 is 0.646 bits per heavy atom. The van der Waals surface area contributed by atoms with Crippen LogP contribution < -0.4 is 53.2 Å². The molecule has 536 valence electrons. The Bertz CT molecular complexity index is 3520. The van der Waals surface area contributed by atoms with Gasteiger partial charge in [0.2, 0.25) is 47.3 Å². The molecule has 1 saturated heterocycles. The summed E-state index contributed by atoms with van der Waals surface area (Å²) in [5, 5.41) is 50.9. The van der Waals surface area contributed by atoms with Crippen LogP contribution in [0.1, 0.15) is 117 Å². The number of aliphatic hydroxyl groups is 1. The van der Waals surface area contributed by atoms with Crippen LogP contribution in [0.15, 0.2) is 114 Å². The molecule has 2 unspecified atom stereocenters. The van der Waals surface area contributed by atoms with E-state index in [1.807, 2.05) is 24.3 Å². The lowest BCUT2D eigenvalue weighted by atomic mass is 9.95. The number of fused-ring (bicyclic) bond motifs is 1. The number of amides is 10. The quantitative estimate of drug-likeness (QED) is 0.0266. The van der Waals surface area contributed by atoms with Gasteiger partial charge < -0.3 is 77.8 Å². The van der Waals surface area contributed by atoms with E-state index in [2.05, 4.69) is 63.1 Å². The number of unbranched alkanes of at least 4 members (excludes halogenated alkanes) is 1. The first-order chi connectivity index (χ1) is 47.2. The van der Waals surface area contributed by atoms with Gasteiger partial charge >= 0.3 is 12.2 Å². The number of H-pyrrole nitrogens is 1. The Morgan fingerprint density at radius 2 is 1.27 bits per heavy atom. The van der Waals surface area contributed by atoms with Gasteiger partial charge in [0.15, 0.2) is 0 Å². The third kappa shape index (κ3) is 26.8. The van der Waals surface area contributed by atoms with Crippen LogP contribution in [-0.2, 0) is 67.1 Å². The summed E-state index contributed by atoms with van der Waals surface area (Å²) in [6.45, 7) is 11.4. The molecule has 30 heteroatoms. The van der Waals surface area contributed by atoms with E-state index in [4.69, 9.17) is 9.47 Å². The minimum atomic E-state index is -1.79. The molecule has 13 N–H and O–H groups in total. The molecule has 99 heavy (non-hydrogen) atoms. The molecule has 5 aromatic rings. The molecule has 2 aromatic heterocycles. The molecule has 1 saturated carbocycles. The number of nitrogens with one attached hydrogen (secondary N) is 11. The van der Waals surface area contributed by atoms with Crippen molar-refractivity contribution in [3.05, 3.63) is 126 Å². The summed E-state index contributed by atoms with van der Waals surface area (Å²) in [5.41, 5.74) is 0.593. The molecule has 2 aliphatic rings. The Balaban J connectivity index is 1.29. The molecule has 1 aliphatic heterocycles. The van der Waals surface area contributed by atoms with E-state index < -0.39 is 125 Å². The Morgan fingerprint density at radius 3 is 1.96 bits per heavy atom. The van der Waals surface area contributed by atoms with Gasteiger partial charge in [-0.3, -0.25) is 38.4 Å². The Hall–Kier alpha value is -8.19. The SMILES string of the molecule is C[C@@H](O)C1NC(=O)C(CCCCNC(=O)OC(C)(C)C)NC(=O)[C@@H](Cc2c[nH]c3ccccc23)NC(=O)[C@H](Cc2ccc(O)cc2)NC(=O)[C@@H](NC(=O)[C@@H](Cc2ccccc2)NC(=O)OC(C)(C)C)CSSC[C@@H](C(=O)N[C@@H](CSSc2ccccn2)C(=O)NC2CCCCC2)NC1=O. The number of ether oxygens (including phenoxy) is 2. The monoisotopic (exact) mass is 1440 g/mol. The van der Waals surface area contributed by atoms with Crippen molar-refractivity contribution >= 4 is 114 Å². The summed E-state index contributed by atoms with van der Waals surface area (Å²) in [5.74, 6) is -7.45. The van der Waals surface area contributed by atoms with Gasteiger partial charge in [0, 0.05) is 72.4 Å². The average molecular weight is 1440 g/mol. The highest BCUT2D eigenvalue weighted by atomic mass is 33.1. The number of aromatic hydroxyl groups is 1. The fraction of sp³-hybridized carbons (Fsp3) is 0.493. The largest absolute Gasteiger partial charge is 0.508 e. The number of alkyl carbamates (subject to hydrolysis) is 2. The maximum Gasteiger partial charge on any atom is 0.408 e. The molecule has 0 bridgehead atoms. The van der Waals surface area contributed by atoms with Gasteiger partial charge in [-0.1, -0.05) is 118 Å². The molecule has 3 heterocycles. The molecule has 0 spiro atoms. The van der Waals surface area contributed by atoms with Gasteiger partial charge in [-0.05, 0) is 138 Å². The van der Waals surface area contributed by atoms with Gasteiger partial charge in [0.05, 0.1) is 6.10 Å². The molecule has 26 nitrogen and oxygen atoms in total. The first-order valence-electron chi connectivity index (χ1n) is 33.1. The standard InChI is InChI=1S/C69H92N12O14S4/c1-41(82)57-65(91)79-54(64(90)78-55(40-98-99-56-27-17-19-32-70-56)62(88)73-45-22-12-9-13-23-45)39-97-96-38-53(77-60(86)51(34-42-20-10-8-11-21-42)80-67(93)95-69(5,6)7)63(89)75-50(35-43-28-30-46(83)31-29-43)59(85)76-52(36-44-37-72-48-25-15-14-24-47(44)48)61(87)74-49(58(84)81-57)26-16-18-33-71-66(92)94-68(2,3)4/h8,10-11,14-15,17,19-21,24-25,27-32,37,41,45,49-55,57,72,82-83H,9,12-13,16,18,22-23,26,33-36,38-40H2,1-7H3,(H,71,92)(H,73,88)(H,74,87)(H,75,89)(H,76,85)(H,77,86)(H,78,90)(H,79,91)(H,80,93)(H,81,84)/t41-,49?,50+,51-,52-,53+,54+,55+,57?/m1/s1. The number of rotatable bonds is 23. The lowest BCUT2D eigenvalue weighted by Gasteiger charge is -2.30. The van der Waals surface area contributed by atoms with Crippen molar-refractivity contribution in [1.82, 2.24) is 63.1 Å². The zero-order chi connectivity index (χ0) is 71.7. The van der Waals surface area contributed by atoms with Gasteiger partial charge in [-0.15, -0.1) is 0 Å². The Labute approximate surface area is 592 Å². The van der Waals surface area contributed by atoms with Gasteiger partial charge in [0.25, 0.3) is 0 Å². The maximum absolute atomic E-state index is 15.3. The van der Waals surface area contributed by atoms with E-state index in [1.54, 1.807) is 102 Å². The fourth-order valence-electron chi connectivity index (χ4n) is 10.7. The molecule has 2 fully saturated rings. The number of aromatic nitrogens is 2. The summed E-state index contributed by atoms with van der Waals surface area (Å²) in [7, 11) is 4.52. The molecular formula is C69H92N12O14S4. The molecule has 10 amide bonds. The van der Waals surface area contributed by atoms with Crippen LogP contribution in [0.25, 0.3) is 10.9 Å². The minimum Gasteiger partial charge on any atom is -0.508 e. The predicted molar refractivity (Wildman–Crippen MR) is 383 cm³/mol. The van der Waals surface area contributed by atoms with Crippen LogP contribution >= 0.6 is 43.2 Å². The number of phenolic OH excluding ortho intramolecular Hbond substituents is 1. The van der Waals surface area contributed by atoms with E-state index in [9.17, 15) is 43.8 Å². The summed E-state index contributed by atoms with van der Waals surface area (Å²) in [4.78, 5) is 153. The number of hydrogen-bond acceptors (Lipinski definition) is 19. The highest BCUT2D eigenvalue weighted by Crippen LogP contribution is 2.30. The van der Waals surface area contributed by atoms with Crippen LogP contribution in [0.5, 0.6) is 5.75 Å². The number of pyridine rings is 1. The number of nitrogens with zero attached hydrogens (tertiary/aromatic N) is 1. The van der Waals surface area contributed by atoms with E-state index in [-0.39, 0.29) is 74.1 Å². The average Bonchev–Trinajstić information content (AvgIpc) is 1.74. The zero-order valence-electron chi connectivity index (χ0n) is 56.6. The zero-order valence-corrected chi connectivity index (χ0v) is 59.9. The number of hydrogen-bond donors (Lipinski definition) is 13. The van der Waals surface area contributed by atoms with E-state index in [0.29, 0.717) is 32.6 Å². The van der Waals surface area contributed by atoms with Gasteiger partial charge in [0.1, 0.15) is 70.3 Å². The summed E-state index contributed by atoms with van der Waals surface area (Å²) in [6, 6.07) is 15.2. The minimum absolute atomic E-state index is 0.0452. The van der Waals surface area contributed by atoms with Crippen molar-refractivity contribution < 1.29 is 67.6 Å². The highest BCUT2D eigenvalue weighted by molar-refractivity contribution is 8.77. The first kappa shape index (κ1) is 78.2. The maximum atomic E-state index is 15.3. The molecular weight excluding hydrogens is 1350 g/mol. The van der Waals surface area contributed by atoms with Crippen molar-refractivity contribution in [2.45, 2.75) is 196 Å². The lowest BCUT2D eigenvalue weighted by Crippen LogP contribution is -2.62. The number of carbonyl (C=O) groups is 10. The van der Waals surface area contributed by atoms with E-state index in [1.165, 1.54) is 52.8 Å². The second kappa shape index (κ2) is 38.4. The number of carbonyl (C=O) groups excluding carboxylic acids is 10. The highest BCUT2D eigenvalue weighted by Gasteiger charge is 2.38. The first-order valence-corrected chi connectivity index (χ1v) is 37.9. The van der Waals surface area contributed by atoms with Crippen molar-refractivity contribution in [2.75, 3.05) is 23.8 Å². The van der Waals surface area contributed by atoms with Crippen molar-refractivity contribution in [3.8, 4) is 5.75 Å². The van der Waals surface area contributed by atoms with Gasteiger partial charge in [-0.25, -0.2) is 14.6 Å². The summed E-state index contributed by atoms with van der Waals surface area (Å²) in [6.07, 6.45) is 4.16. The molecule has 1 aliphatic carbocycles. The third-order valence-electron chi connectivity index (χ3n) is 15.7. The lowest BCUT2D eigenvalue weighted by molar-refractivity contribution is -0.136. The molecule has 0 radical (unpaired) electrons. The van der Waals surface area contributed by atoms with E-state index >= 15 is 14.4 Å². The summed E-state index contributed by atoms with van der Waals surface area (Å²) >= 11 is 0. The van der Waals surface area contributed by atoms with Crippen LogP contribution in [-0.4, -0.2) is 175 Å². The molecule has 9 atom stereocenters. The number of phenols is 1. The third-order valence-corrected chi connectivity index (χ3v) is 20.4. The van der Waals surface area contributed by atoms with Gasteiger partial charge in [-0.2, -0.15) is 0 Å². The van der Waals surface area contributed by atoms with Crippen molar-refractivity contribution in [2.24, 2.45) is 0 Å². The number of aliphatic hydroxyl groups excluding tert-OH is 1. The van der Waals surface area contributed by atoms with Crippen molar-refractivity contribution in [3.63, 3.8) is 0 Å². The Kier molecular flexibility index (Phi) is 30.3. The van der Waals surface area contributed by atoms with Crippen LogP contribution in [0, 0.1) is 0 Å². The van der Waals surface area contributed by atoms with Crippen molar-refractivity contribution in [1.29, 1.82) is 0 Å². The molecule has 7 rings (SSSR count). The van der Waals surface area contributed by atoms with Crippen LogP contribution in [0.2, 0.25) is 0 Å². The van der Waals surface area contributed by atoms with Crippen LogP contribution in [0.3, 0.4) is 0 Å². The predicted octanol–water partition coefficient (Wildman–Crippen LogP) is 5.94. The van der Waals surface area contributed by atoms with Crippen LogP contribution in [0.4, 0.5) is 9.59 Å². The normalized spacial score (nSPS) is 20.5. The number of para-hydroxylation sites is 1. The summed E-state index contributed by atoms with van der Waals surface area (Å²) < 4.78 is 11.0. The fourth-order valence-corrected chi connectivity index (χ4v) is 15.1. The second-order valence-corrected chi connectivity index (χ2v) is 31.2. The number of benzene rings is 3. The smallest absolute Gasteiger partial charge is 0.408 e. The molecule has 3 aromatic carbocycles. The number of aromatic amines is 1. The van der Waals surface area contributed by atoms with E-state index in [0.717, 1.165) is 53.7 Å². The topological polar surface area (TPSA) is 379 Å².